The molecule has 0 saturated heterocycles. The van der Waals surface area contributed by atoms with Gasteiger partial charge in [0, 0.05) is 30.3 Å². The van der Waals surface area contributed by atoms with Crippen LogP contribution in [-0.4, -0.2) is 48.5 Å². The zero-order valence-corrected chi connectivity index (χ0v) is 28.6. The number of nitrogens with one attached hydrogen (secondary N) is 2. The largest absolute Gasteiger partial charge is 0.459 e. The predicted octanol–water partition coefficient (Wildman–Crippen LogP) is 6.31. The number of carbonyl (C=O) groups excluding carboxylic acids is 4. The van der Waals surface area contributed by atoms with Gasteiger partial charge in [0.2, 0.25) is 11.8 Å². The van der Waals surface area contributed by atoms with E-state index in [1.54, 1.807) is 26.0 Å². The summed E-state index contributed by atoms with van der Waals surface area (Å²) in [6, 6.07) is 12.6. The van der Waals surface area contributed by atoms with Gasteiger partial charge in [0.1, 0.15) is 12.1 Å². The molecule has 2 N–H and O–H groups in total. The Hall–Kier alpha value is -3.91. The first-order valence-corrected chi connectivity index (χ1v) is 16.2. The number of ether oxygens (including phenoxy) is 2. The van der Waals surface area contributed by atoms with E-state index in [2.05, 4.69) is 10.6 Å². The Bertz CT molecular complexity index is 1450. The average Bonchev–Trinajstić information content (AvgIpc) is 2.99. The number of benzene rings is 2. The van der Waals surface area contributed by atoms with Crippen LogP contribution in [0, 0.1) is 31.1 Å². The maximum absolute atomic E-state index is 13.5. The number of amides is 2. The summed E-state index contributed by atoms with van der Waals surface area (Å²) in [7, 11) is 0. The van der Waals surface area contributed by atoms with Gasteiger partial charge in [0.05, 0.1) is 5.41 Å². The third-order valence-corrected chi connectivity index (χ3v) is 8.33. The molecule has 2 aromatic carbocycles. The van der Waals surface area contributed by atoms with Crippen molar-refractivity contribution in [1.29, 1.82) is 0 Å². The Morgan fingerprint density at radius 1 is 1.00 bits per heavy atom. The summed E-state index contributed by atoms with van der Waals surface area (Å²) in [4.78, 5) is 53.3. The summed E-state index contributed by atoms with van der Waals surface area (Å²) in [5, 5.41) is 6.13. The molecule has 9 heteroatoms. The number of esters is 2. The van der Waals surface area contributed by atoms with E-state index in [9.17, 15) is 19.2 Å². The van der Waals surface area contributed by atoms with Gasteiger partial charge in [0.25, 0.3) is 0 Å². The maximum atomic E-state index is 13.5. The topological polar surface area (TPSA) is 111 Å². The van der Waals surface area contributed by atoms with E-state index in [0.717, 1.165) is 22.3 Å². The van der Waals surface area contributed by atoms with Gasteiger partial charge >= 0.3 is 11.9 Å². The molecular weight excluding hydrogens is 604 g/mol. The number of aryl methyl sites for hydroxylation is 2. The molecule has 2 amide bonds. The molecule has 248 valence electrons. The van der Waals surface area contributed by atoms with Crippen molar-refractivity contribution in [3.05, 3.63) is 88.0 Å². The van der Waals surface area contributed by atoms with E-state index < -0.39 is 47.4 Å². The zero-order valence-electron chi connectivity index (χ0n) is 27.9. The molecule has 0 spiro atoms. The second-order valence-electron chi connectivity index (χ2n) is 13.2. The van der Waals surface area contributed by atoms with Gasteiger partial charge in [-0.05, 0) is 68.9 Å². The molecule has 46 heavy (non-hydrogen) atoms. The Labute approximate surface area is 278 Å². The molecule has 1 aliphatic rings. The van der Waals surface area contributed by atoms with Crippen molar-refractivity contribution in [1.82, 2.24) is 10.6 Å². The van der Waals surface area contributed by atoms with Crippen molar-refractivity contribution in [2.24, 2.45) is 17.3 Å². The minimum Gasteiger partial charge on any atom is -0.459 e. The van der Waals surface area contributed by atoms with Crippen molar-refractivity contribution < 1.29 is 28.7 Å². The normalized spacial score (nSPS) is 22.9. The number of hydrogen-bond acceptors (Lipinski definition) is 6. The number of hydrogen-bond donors (Lipinski definition) is 2. The summed E-state index contributed by atoms with van der Waals surface area (Å²) >= 11 is 6.32. The molecule has 1 aliphatic heterocycles. The highest BCUT2D eigenvalue weighted by atomic mass is 35.5. The van der Waals surface area contributed by atoms with Gasteiger partial charge in [-0.25, -0.2) is 4.79 Å². The van der Waals surface area contributed by atoms with Crippen LogP contribution in [0.15, 0.2) is 60.7 Å². The van der Waals surface area contributed by atoms with E-state index in [4.69, 9.17) is 21.1 Å². The van der Waals surface area contributed by atoms with Gasteiger partial charge in [-0.15, -0.1) is 0 Å². The van der Waals surface area contributed by atoms with Crippen LogP contribution < -0.4 is 10.6 Å². The first kappa shape index (κ1) is 36.6. The molecule has 8 nitrogen and oxygen atoms in total. The van der Waals surface area contributed by atoms with Gasteiger partial charge in [-0.2, -0.15) is 0 Å². The lowest BCUT2D eigenvalue weighted by Gasteiger charge is -2.29. The molecular formula is C37H47ClN2O6. The molecule has 4 atom stereocenters. The zero-order chi connectivity index (χ0) is 34.0. The fourth-order valence-corrected chi connectivity index (χ4v) is 5.01. The van der Waals surface area contributed by atoms with Crippen LogP contribution in [0.25, 0.3) is 6.08 Å². The molecule has 2 aromatic rings. The van der Waals surface area contributed by atoms with E-state index in [0.29, 0.717) is 5.02 Å². The van der Waals surface area contributed by atoms with Crippen LogP contribution in [0.1, 0.15) is 69.7 Å². The van der Waals surface area contributed by atoms with Crippen LogP contribution in [0.2, 0.25) is 5.02 Å². The summed E-state index contributed by atoms with van der Waals surface area (Å²) in [6.07, 6.45) is 5.79. The second kappa shape index (κ2) is 16.6. The SMILES string of the molecule is Cc1ccc(/C=C/[C@@H](C)[C@@H]2C/C=C/C(=O)N[C@H](Cc3ccc(C)c(Cl)c3)C(=O)NCC(C)(C)C(=O)O[C@@H](CC(C)C)C(=O)O2)cc1. The standard InChI is InChI=1S/C37H47ClN2O6/c1-23(2)19-32-35(43)45-31(26(5)14-17-27-15-11-24(3)12-16-27)9-8-10-33(41)40-30(21-28-18-13-25(4)29(38)20-28)34(42)39-22-37(6,7)36(44)46-32/h8,10-18,20,23,26,30-32H,9,19,21-22H2,1-7H3,(H,39,42)(H,40,41)/b10-8+,17-14+/t26-,30-,31+,32+/m1/s1. The van der Waals surface area contributed by atoms with E-state index >= 15 is 0 Å². The van der Waals surface area contributed by atoms with E-state index in [-0.39, 0.29) is 37.6 Å². The first-order chi connectivity index (χ1) is 21.6. The fourth-order valence-electron chi connectivity index (χ4n) is 4.81. The average molecular weight is 651 g/mol. The molecule has 0 bridgehead atoms. The van der Waals surface area contributed by atoms with E-state index in [1.165, 1.54) is 6.08 Å². The van der Waals surface area contributed by atoms with Crippen LogP contribution in [-0.2, 0) is 35.1 Å². The third kappa shape index (κ3) is 11.2. The van der Waals surface area contributed by atoms with Crippen LogP contribution in [0.5, 0.6) is 0 Å². The van der Waals surface area contributed by atoms with Crippen LogP contribution in [0.3, 0.4) is 0 Å². The highest BCUT2D eigenvalue weighted by Gasteiger charge is 2.37. The molecule has 0 radical (unpaired) electrons. The Morgan fingerprint density at radius 2 is 1.70 bits per heavy atom. The maximum Gasteiger partial charge on any atom is 0.347 e. The van der Waals surface area contributed by atoms with Crippen LogP contribution in [0.4, 0.5) is 0 Å². The summed E-state index contributed by atoms with van der Waals surface area (Å²) in [5.41, 5.74) is 2.64. The lowest BCUT2D eigenvalue weighted by molar-refractivity contribution is -0.178. The number of halogens is 1. The fraction of sp³-hybridized carbons (Fsp3) is 0.459. The van der Waals surface area contributed by atoms with Crippen LogP contribution >= 0.6 is 11.6 Å². The monoisotopic (exact) mass is 650 g/mol. The van der Waals surface area contributed by atoms with Crippen molar-refractivity contribution in [2.75, 3.05) is 6.54 Å². The molecule has 0 saturated carbocycles. The lowest BCUT2D eigenvalue weighted by Crippen LogP contribution is -2.51. The number of cyclic esters (lactones) is 2. The molecule has 0 fully saturated rings. The van der Waals surface area contributed by atoms with E-state index in [1.807, 2.05) is 83.2 Å². The molecule has 0 aliphatic carbocycles. The Balaban J connectivity index is 1.93. The highest BCUT2D eigenvalue weighted by Crippen LogP contribution is 2.24. The first-order valence-electron chi connectivity index (χ1n) is 15.8. The van der Waals surface area contributed by atoms with Crippen molar-refractivity contribution in [3.8, 4) is 0 Å². The molecule has 1 heterocycles. The molecule has 0 aromatic heterocycles. The van der Waals surface area contributed by atoms with Gasteiger partial charge < -0.3 is 20.1 Å². The molecule has 0 unspecified atom stereocenters. The number of carbonyl (C=O) groups is 4. The smallest absolute Gasteiger partial charge is 0.347 e. The lowest BCUT2D eigenvalue weighted by atomic mass is 9.93. The molecule has 3 rings (SSSR count). The third-order valence-electron chi connectivity index (χ3n) is 7.93. The summed E-state index contributed by atoms with van der Waals surface area (Å²) < 4.78 is 11.8. The van der Waals surface area contributed by atoms with Gasteiger partial charge in [0.15, 0.2) is 6.10 Å². The Morgan fingerprint density at radius 3 is 2.35 bits per heavy atom. The highest BCUT2D eigenvalue weighted by molar-refractivity contribution is 6.31. The van der Waals surface area contributed by atoms with Gasteiger partial charge in [-0.3, -0.25) is 14.4 Å². The summed E-state index contributed by atoms with van der Waals surface area (Å²) in [6.45, 7) is 12.9. The minimum atomic E-state index is -1.17. The quantitative estimate of drug-likeness (QED) is 0.340. The van der Waals surface area contributed by atoms with Crippen molar-refractivity contribution in [2.45, 2.75) is 86.0 Å². The van der Waals surface area contributed by atoms with Crippen molar-refractivity contribution in [3.63, 3.8) is 0 Å². The predicted molar refractivity (Wildman–Crippen MR) is 181 cm³/mol. The second-order valence-corrected chi connectivity index (χ2v) is 13.6. The number of rotatable bonds is 7. The van der Waals surface area contributed by atoms with Crippen molar-refractivity contribution >= 4 is 41.4 Å². The van der Waals surface area contributed by atoms with Gasteiger partial charge in [-0.1, -0.05) is 92.6 Å². The minimum absolute atomic E-state index is 0.0377. The Kier molecular flexibility index (Phi) is 13.2. The summed E-state index contributed by atoms with van der Waals surface area (Å²) in [5.74, 6) is -2.43.